The van der Waals surface area contributed by atoms with E-state index in [-0.39, 0.29) is 52.9 Å². The van der Waals surface area contributed by atoms with Gasteiger partial charge in [0, 0.05) is 41.7 Å². The van der Waals surface area contributed by atoms with Crippen LogP contribution in [-0.2, 0) is 24.0 Å². The van der Waals surface area contributed by atoms with Gasteiger partial charge in [0.25, 0.3) is 0 Å². The van der Waals surface area contributed by atoms with Gasteiger partial charge in [-0.15, -0.1) is 13.2 Å². The summed E-state index contributed by atoms with van der Waals surface area (Å²) in [6, 6.07) is 2.89. The number of benzene rings is 1. The Balaban J connectivity index is 1.53. The maximum absolute atomic E-state index is 13.7. The standard InChI is InChI=1S/C29H25BrF3NO8/c30-19-12-21(36)25-18(26(19)39)11-16-14(23(25)17-10-13(5-8-20(17)35)42-29(31,32)33)6-7-15-24(16)28(41)34(27(15)40)9-3-1-2-4-22(37)38/h5-6,8,10,12,15-16,23-24,35H,1-4,7,9,11H2,(H,37,38)/t15-,16+,23+,24-/m0/s1. The van der Waals surface area contributed by atoms with Crippen molar-refractivity contribution in [3.8, 4) is 11.5 Å². The van der Waals surface area contributed by atoms with Gasteiger partial charge < -0.3 is 14.9 Å². The lowest BCUT2D eigenvalue weighted by Gasteiger charge is -2.42. The van der Waals surface area contributed by atoms with Crippen LogP contribution in [0.2, 0.25) is 0 Å². The molecule has 3 aliphatic carbocycles. The zero-order valence-electron chi connectivity index (χ0n) is 21.9. The number of phenols is 1. The van der Waals surface area contributed by atoms with Crippen molar-refractivity contribution >= 4 is 45.3 Å². The summed E-state index contributed by atoms with van der Waals surface area (Å²) in [5, 5.41) is 19.6. The number of carboxylic acid groups (broad SMARTS) is 1. The van der Waals surface area contributed by atoms with Crippen molar-refractivity contribution in [1.82, 2.24) is 4.90 Å². The molecule has 4 atom stereocenters. The molecule has 0 saturated carbocycles. The van der Waals surface area contributed by atoms with E-state index in [1.807, 2.05) is 0 Å². The van der Waals surface area contributed by atoms with E-state index in [0.29, 0.717) is 24.8 Å². The Kier molecular flexibility index (Phi) is 7.90. The summed E-state index contributed by atoms with van der Waals surface area (Å²) in [5.41, 5.74) is 0.427. The van der Waals surface area contributed by atoms with Gasteiger partial charge >= 0.3 is 12.3 Å². The number of nitrogens with zero attached hydrogens (tertiary/aromatic N) is 1. The van der Waals surface area contributed by atoms with Crippen LogP contribution in [0.4, 0.5) is 13.2 Å². The molecule has 9 nitrogen and oxygen atoms in total. The molecule has 222 valence electrons. The highest BCUT2D eigenvalue weighted by Gasteiger charge is 2.56. The van der Waals surface area contributed by atoms with Crippen LogP contribution in [0.1, 0.15) is 50.0 Å². The number of fused-ring (bicyclic) bond motifs is 3. The summed E-state index contributed by atoms with van der Waals surface area (Å²) in [6.07, 6.45) is -0.913. The number of ketones is 2. The Morgan fingerprint density at radius 3 is 2.50 bits per heavy atom. The second kappa shape index (κ2) is 11.2. The molecule has 1 fully saturated rings. The van der Waals surface area contributed by atoms with Crippen molar-refractivity contribution in [2.45, 2.75) is 50.8 Å². The number of hydrogen-bond acceptors (Lipinski definition) is 7. The number of carbonyl (C=O) groups is 5. The van der Waals surface area contributed by atoms with E-state index < -0.39 is 65.0 Å². The number of imide groups is 1. The summed E-state index contributed by atoms with van der Waals surface area (Å²) < 4.78 is 43.1. The molecule has 2 amide bonds. The highest BCUT2D eigenvalue weighted by Crippen LogP contribution is 2.56. The Morgan fingerprint density at radius 2 is 1.81 bits per heavy atom. The number of allylic oxidation sites excluding steroid dienone is 6. The minimum absolute atomic E-state index is 0.00401. The Labute approximate surface area is 245 Å². The quantitative estimate of drug-likeness (QED) is 0.179. The Morgan fingerprint density at radius 1 is 1.07 bits per heavy atom. The van der Waals surface area contributed by atoms with Crippen molar-refractivity contribution in [3.63, 3.8) is 0 Å². The Bertz CT molecular complexity index is 1490. The Hall–Kier alpha value is -3.74. The van der Waals surface area contributed by atoms with Gasteiger partial charge in [-0.3, -0.25) is 28.9 Å². The molecule has 1 saturated heterocycles. The van der Waals surface area contributed by atoms with Gasteiger partial charge in [-0.1, -0.05) is 18.1 Å². The first kappa shape index (κ1) is 29.7. The monoisotopic (exact) mass is 651 g/mol. The molecule has 1 aromatic rings. The number of carbonyl (C=O) groups excluding carboxylic acids is 4. The van der Waals surface area contributed by atoms with Crippen LogP contribution < -0.4 is 4.74 Å². The maximum atomic E-state index is 13.7. The second-order valence-electron chi connectivity index (χ2n) is 10.7. The predicted octanol–water partition coefficient (Wildman–Crippen LogP) is 4.70. The summed E-state index contributed by atoms with van der Waals surface area (Å²) in [5.74, 6) is -7.43. The van der Waals surface area contributed by atoms with Crippen molar-refractivity contribution < 1.29 is 52.1 Å². The molecule has 1 aromatic carbocycles. The molecule has 0 spiro atoms. The first-order valence-corrected chi connectivity index (χ1v) is 14.1. The number of halogens is 4. The van der Waals surface area contributed by atoms with E-state index in [0.717, 1.165) is 29.2 Å². The van der Waals surface area contributed by atoms with Gasteiger partial charge in [0.1, 0.15) is 11.5 Å². The lowest BCUT2D eigenvalue weighted by atomic mass is 9.59. The molecule has 1 heterocycles. The molecule has 42 heavy (non-hydrogen) atoms. The van der Waals surface area contributed by atoms with Gasteiger partial charge in [-0.05, 0) is 65.7 Å². The zero-order valence-corrected chi connectivity index (χ0v) is 23.5. The van der Waals surface area contributed by atoms with Gasteiger partial charge in [0.05, 0.1) is 16.3 Å². The summed E-state index contributed by atoms with van der Waals surface area (Å²) in [7, 11) is 0. The number of amides is 2. The van der Waals surface area contributed by atoms with Crippen molar-refractivity contribution in [1.29, 1.82) is 0 Å². The highest BCUT2D eigenvalue weighted by atomic mass is 79.9. The molecule has 0 unspecified atom stereocenters. The van der Waals surface area contributed by atoms with E-state index >= 15 is 0 Å². The fourth-order valence-corrected chi connectivity index (χ4v) is 6.98. The summed E-state index contributed by atoms with van der Waals surface area (Å²) >= 11 is 3.10. The number of Topliss-reactive ketones (excluding diaryl/α,β-unsaturated/α-hetero) is 1. The van der Waals surface area contributed by atoms with Gasteiger partial charge in [0.2, 0.25) is 11.8 Å². The molecule has 0 aromatic heterocycles. The number of alkyl halides is 3. The largest absolute Gasteiger partial charge is 0.573 e. The maximum Gasteiger partial charge on any atom is 0.573 e. The number of unbranched alkanes of at least 4 members (excludes halogenated alkanes) is 2. The molecular formula is C29H25BrF3NO8. The zero-order chi connectivity index (χ0) is 30.5. The average Bonchev–Trinajstić information content (AvgIpc) is 3.15. The lowest BCUT2D eigenvalue weighted by Crippen LogP contribution is -2.39. The molecule has 0 radical (unpaired) electrons. The molecule has 4 aliphatic rings. The smallest absolute Gasteiger partial charge is 0.508 e. The third-order valence-corrected chi connectivity index (χ3v) is 8.83. The number of ether oxygens (including phenoxy) is 1. The highest BCUT2D eigenvalue weighted by molar-refractivity contribution is 9.12. The van der Waals surface area contributed by atoms with Gasteiger partial charge in [-0.2, -0.15) is 0 Å². The van der Waals surface area contributed by atoms with Crippen LogP contribution in [0, 0.1) is 17.8 Å². The van der Waals surface area contributed by atoms with E-state index in [9.17, 15) is 42.3 Å². The van der Waals surface area contributed by atoms with E-state index in [1.165, 1.54) is 0 Å². The van der Waals surface area contributed by atoms with Crippen LogP contribution in [0.15, 0.2) is 51.6 Å². The van der Waals surface area contributed by atoms with Crippen LogP contribution >= 0.6 is 15.9 Å². The molecule has 0 bridgehead atoms. The van der Waals surface area contributed by atoms with Gasteiger partial charge in [0.15, 0.2) is 11.6 Å². The number of hydrogen-bond donors (Lipinski definition) is 2. The lowest BCUT2D eigenvalue weighted by molar-refractivity contribution is -0.274. The molecule has 2 N–H and O–H groups in total. The topological polar surface area (TPSA) is 138 Å². The van der Waals surface area contributed by atoms with E-state index in [1.54, 1.807) is 6.08 Å². The van der Waals surface area contributed by atoms with Crippen LogP contribution in [0.5, 0.6) is 11.5 Å². The molecule has 5 rings (SSSR count). The number of phenolic OH excluding ortho intramolecular Hbond substituents is 1. The fourth-order valence-electron chi connectivity index (χ4n) is 6.53. The summed E-state index contributed by atoms with van der Waals surface area (Å²) in [4.78, 5) is 65.4. The van der Waals surface area contributed by atoms with E-state index in [4.69, 9.17) is 5.11 Å². The van der Waals surface area contributed by atoms with Crippen LogP contribution in [0.3, 0.4) is 0 Å². The van der Waals surface area contributed by atoms with E-state index in [2.05, 4.69) is 20.7 Å². The average molecular weight is 652 g/mol. The first-order chi connectivity index (χ1) is 19.8. The molecular weight excluding hydrogens is 627 g/mol. The van der Waals surface area contributed by atoms with Crippen LogP contribution in [0.25, 0.3) is 0 Å². The number of aliphatic carboxylic acids is 1. The van der Waals surface area contributed by atoms with Crippen molar-refractivity contribution in [2.75, 3.05) is 6.54 Å². The SMILES string of the molecule is O=C(O)CCCCCN1C(=O)[C@H]2[C@H](CC=C3[C@H](c4cc(OC(F)(F)F)ccc4O)C4=C(C[C@H]32)C(=O)C(Br)=CC4=O)C1=O. The predicted molar refractivity (Wildman–Crippen MR) is 142 cm³/mol. The summed E-state index contributed by atoms with van der Waals surface area (Å²) in [6.45, 7) is 0.104. The number of carboxylic acids is 1. The number of rotatable bonds is 8. The third-order valence-electron chi connectivity index (χ3n) is 8.24. The molecule has 13 heteroatoms. The number of aromatic hydroxyl groups is 1. The minimum Gasteiger partial charge on any atom is -0.508 e. The molecule has 1 aliphatic heterocycles. The number of likely N-dealkylation sites (tertiary alicyclic amines) is 1. The first-order valence-electron chi connectivity index (χ1n) is 13.3. The third kappa shape index (κ3) is 5.41. The minimum atomic E-state index is -5.02. The van der Waals surface area contributed by atoms with Crippen LogP contribution in [-0.4, -0.2) is 57.4 Å². The second-order valence-corrected chi connectivity index (χ2v) is 11.5. The normalized spacial score (nSPS) is 25.6. The van der Waals surface area contributed by atoms with Gasteiger partial charge in [-0.25, -0.2) is 0 Å². The van der Waals surface area contributed by atoms with Crippen molar-refractivity contribution in [2.24, 2.45) is 17.8 Å². The fraction of sp³-hybridized carbons (Fsp3) is 0.414. The van der Waals surface area contributed by atoms with Crippen molar-refractivity contribution in [3.05, 3.63) is 57.1 Å².